The van der Waals surface area contributed by atoms with Crippen molar-refractivity contribution in [3.8, 4) is 0 Å². The van der Waals surface area contributed by atoms with E-state index in [-0.39, 0.29) is 31.1 Å². The van der Waals surface area contributed by atoms with Crippen molar-refractivity contribution in [3.05, 3.63) is 60.8 Å². The Hall–Kier alpha value is -2.89. The first-order chi connectivity index (χ1) is 38.5. The van der Waals surface area contributed by atoms with Gasteiger partial charge in [-0.25, -0.2) is 0 Å². The molecule has 0 aliphatic rings. The highest BCUT2D eigenvalue weighted by atomic mass is 16.6. The van der Waals surface area contributed by atoms with E-state index in [9.17, 15) is 14.4 Å². The van der Waals surface area contributed by atoms with E-state index in [1.54, 1.807) is 0 Å². The van der Waals surface area contributed by atoms with Crippen molar-refractivity contribution >= 4 is 17.9 Å². The van der Waals surface area contributed by atoms with Crippen molar-refractivity contribution in [2.75, 3.05) is 13.2 Å². The Balaban J connectivity index is 4.32. The fourth-order valence-electron chi connectivity index (χ4n) is 10.1. The van der Waals surface area contributed by atoms with Gasteiger partial charge in [0.25, 0.3) is 0 Å². The van der Waals surface area contributed by atoms with Gasteiger partial charge in [0.1, 0.15) is 13.2 Å². The molecule has 454 valence electrons. The number of ether oxygens (including phenoxy) is 3. The molecule has 0 aromatic rings. The maximum absolute atomic E-state index is 12.9. The predicted molar refractivity (Wildman–Crippen MR) is 339 cm³/mol. The minimum Gasteiger partial charge on any atom is -0.462 e. The minimum atomic E-state index is -0.787. The standard InChI is InChI=1S/C72H130O6/c1-4-7-10-13-16-19-22-25-28-31-33-34-35-36-37-38-40-41-44-47-50-53-56-59-62-65-71(74)77-68-69(67-76-70(73)64-61-58-55-52-49-46-43-30-27-24-21-18-15-12-9-6-3)78-72(75)66-63-60-57-54-51-48-45-42-39-32-29-26-23-20-17-14-11-8-5-2/h17,20-21,24,26,29-30,39,42-43,69H,4-16,18-19,22-23,25,27-28,31-38,40-41,44-68H2,1-3H3/b20-17-,24-21-,29-26-,42-39-,43-30-. The molecule has 1 unspecified atom stereocenters. The van der Waals surface area contributed by atoms with Crippen LogP contribution in [0.3, 0.4) is 0 Å². The van der Waals surface area contributed by atoms with Crippen LogP contribution in [0.25, 0.3) is 0 Å². The number of esters is 3. The van der Waals surface area contributed by atoms with Gasteiger partial charge < -0.3 is 14.2 Å². The molecule has 0 heterocycles. The van der Waals surface area contributed by atoms with Gasteiger partial charge in [0.15, 0.2) is 6.10 Å². The van der Waals surface area contributed by atoms with E-state index in [4.69, 9.17) is 14.2 Å². The van der Waals surface area contributed by atoms with Crippen LogP contribution in [-0.4, -0.2) is 37.2 Å². The van der Waals surface area contributed by atoms with Crippen molar-refractivity contribution in [1.29, 1.82) is 0 Å². The molecule has 0 saturated carbocycles. The molecule has 1 atom stereocenters. The van der Waals surface area contributed by atoms with Crippen LogP contribution in [0.1, 0.15) is 361 Å². The van der Waals surface area contributed by atoms with Gasteiger partial charge in [0, 0.05) is 19.3 Å². The molecule has 0 spiro atoms. The van der Waals surface area contributed by atoms with Gasteiger partial charge >= 0.3 is 17.9 Å². The lowest BCUT2D eigenvalue weighted by Gasteiger charge is -2.18. The molecule has 0 aromatic carbocycles. The quantitative estimate of drug-likeness (QED) is 0.0261. The van der Waals surface area contributed by atoms with Gasteiger partial charge in [-0.15, -0.1) is 0 Å². The second kappa shape index (κ2) is 66.6. The number of rotatable bonds is 63. The maximum Gasteiger partial charge on any atom is 0.306 e. The van der Waals surface area contributed by atoms with Crippen molar-refractivity contribution in [3.63, 3.8) is 0 Å². The van der Waals surface area contributed by atoms with Gasteiger partial charge in [-0.05, 0) is 89.9 Å². The summed E-state index contributed by atoms with van der Waals surface area (Å²) in [4.78, 5) is 38.4. The van der Waals surface area contributed by atoms with Crippen LogP contribution in [-0.2, 0) is 28.6 Å². The lowest BCUT2D eigenvalue weighted by molar-refractivity contribution is -0.167. The Labute approximate surface area is 485 Å². The van der Waals surface area contributed by atoms with Crippen LogP contribution in [0.15, 0.2) is 60.8 Å². The summed E-state index contributed by atoms with van der Waals surface area (Å²) in [5.41, 5.74) is 0. The Bertz CT molecular complexity index is 1390. The predicted octanol–water partition coefficient (Wildman–Crippen LogP) is 23.5. The Kier molecular flexibility index (Phi) is 64.2. The van der Waals surface area contributed by atoms with Crippen LogP contribution in [0.2, 0.25) is 0 Å². The van der Waals surface area contributed by atoms with Crippen LogP contribution >= 0.6 is 0 Å². The first-order valence-electron chi connectivity index (χ1n) is 34.3. The molecule has 0 amide bonds. The number of allylic oxidation sites excluding steroid dienone is 10. The van der Waals surface area contributed by atoms with Gasteiger partial charge in [0.2, 0.25) is 0 Å². The first kappa shape index (κ1) is 75.1. The zero-order chi connectivity index (χ0) is 56.4. The van der Waals surface area contributed by atoms with Crippen LogP contribution in [0.5, 0.6) is 0 Å². The summed E-state index contributed by atoms with van der Waals surface area (Å²) in [6.45, 7) is 6.63. The molecule has 0 N–H and O–H groups in total. The molecule has 0 fully saturated rings. The van der Waals surface area contributed by atoms with E-state index in [1.807, 2.05) is 0 Å². The monoisotopic (exact) mass is 1090 g/mol. The molecule has 6 nitrogen and oxygen atoms in total. The highest BCUT2D eigenvalue weighted by molar-refractivity contribution is 5.71. The topological polar surface area (TPSA) is 78.9 Å². The molecule has 0 aromatic heterocycles. The largest absolute Gasteiger partial charge is 0.462 e. The molecule has 78 heavy (non-hydrogen) atoms. The molecular weight excluding hydrogens is 961 g/mol. The summed E-state index contributed by atoms with van der Waals surface area (Å²) in [5.74, 6) is -0.887. The van der Waals surface area contributed by atoms with Gasteiger partial charge in [-0.2, -0.15) is 0 Å². The zero-order valence-electron chi connectivity index (χ0n) is 52.2. The summed E-state index contributed by atoms with van der Waals surface area (Å²) in [7, 11) is 0. The molecule has 0 bridgehead atoms. The Morgan fingerprint density at radius 3 is 0.756 bits per heavy atom. The number of hydrogen-bond donors (Lipinski definition) is 0. The third kappa shape index (κ3) is 63.9. The summed E-state index contributed by atoms with van der Waals surface area (Å²) in [6, 6.07) is 0. The SMILES string of the molecule is CCCCC/C=C\C/C=C\C/C=C\CCCCCCCCC(=O)OC(COC(=O)CCCCCCC/C=C\C/C=C\CCCCCC)COC(=O)CCCCCCCCCCCCCCCCCCCCCCCCCCC. The smallest absolute Gasteiger partial charge is 0.306 e. The Morgan fingerprint density at radius 1 is 0.256 bits per heavy atom. The lowest BCUT2D eigenvalue weighted by atomic mass is 10.0. The zero-order valence-corrected chi connectivity index (χ0v) is 52.2. The second-order valence-corrected chi connectivity index (χ2v) is 23.1. The summed E-state index contributed by atoms with van der Waals surface area (Å²) in [6.07, 6.45) is 85.2. The fraction of sp³-hybridized carbons (Fsp3) is 0.819. The molecule has 0 aliphatic heterocycles. The van der Waals surface area contributed by atoms with E-state index in [0.717, 1.165) is 103 Å². The van der Waals surface area contributed by atoms with Crippen LogP contribution in [0.4, 0.5) is 0 Å². The van der Waals surface area contributed by atoms with E-state index in [2.05, 4.69) is 81.5 Å². The molecule has 0 radical (unpaired) electrons. The van der Waals surface area contributed by atoms with E-state index in [1.165, 1.54) is 218 Å². The molecule has 0 rings (SSSR count). The summed E-state index contributed by atoms with van der Waals surface area (Å²) >= 11 is 0. The highest BCUT2D eigenvalue weighted by Crippen LogP contribution is 2.18. The van der Waals surface area contributed by atoms with Gasteiger partial charge in [-0.1, -0.05) is 313 Å². The van der Waals surface area contributed by atoms with Crippen molar-refractivity contribution < 1.29 is 28.6 Å². The number of unbranched alkanes of at least 4 members (excludes halogenated alkanes) is 42. The Morgan fingerprint density at radius 2 is 0.462 bits per heavy atom. The number of carbonyl (C=O) groups excluding carboxylic acids is 3. The molecular formula is C72H130O6. The van der Waals surface area contributed by atoms with Crippen molar-refractivity contribution in [2.24, 2.45) is 0 Å². The highest BCUT2D eigenvalue weighted by Gasteiger charge is 2.19. The van der Waals surface area contributed by atoms with Crippen LogP contribution in [0, 0.1) is 0 Å². The molecule has 0 aliphatic carbocycles. The fourth-order valence-corrected chi connectivity index (χ4v) is 10.1. The minimum absolute atomic E-state index is 0.0810. The number of carbonyl (C=O) groups is 3. The lowest BCUT2D eigenvalue weighted by Crippen LogP contribution is -2.30. The van der Waals surface area contributed by atoms with Gasteiger partial charge in [0.05, 0.1) is 0 Å². The molecule has 0 saturated heterocycles. The number of hydrogen-bond acceptors (Lipinski definition) is 6. The first-order valence-corrected chi connectivity index (χ1v) is 34.3. The summed E-state index contributed by atoms with van der Waals surface area (Å²) < 4.78 is 17.0. The van der Waals surface area contributed by atoms with E-state index in [0.29, 0.717) is 19.3 Å². The van der Waals surface area contributed by atoms with Crippen molar-refractivity contribution in [1.82, 2.24) is 0 Å². The van der Waals surface area contributed by atoms with E-state index >= 15 is 0 Å². The third-order valence-electron chi connectivity index (χ3n) is 15.2. The average Bonchev–Trinajstić information content (AvgIpc) is 3.44. The third-order valence-corrected chi connectivity index (χ3v) is 15.2. The molecule has 6 heteroatoms. The van der Waals surface area contributed by atoms with Crippen molar-refractivity contribution in [2.45, 2.75) is 367 Å². The van der Waals surface area contributed by atoms with Crippen LogP contribution < -0.4 is 0 Å². The van der Waals surface area contributed by atoms with E-state index < -0.39 is 6.10 Å². The second-order valence-electron chi connectivity index (χ2n) is 23.1. The maximum atomic E-state index is 12.9. The normalized spacial score (nSPS) is 12.4. The summed E-state index contributed by atoms with van der Waals surface area (Å²) in [5, 5.41) is 0. The average molecular weight is 1090 g/mol. The van der Waals surface area contributed by atoms with Gasteiger partial charge in [-0.3, -0.25) is 14.4 Å².